The van der Waals surface area contributed by atoms with Crippen LogP contribution < -0.4 is 0 Å². The second kappa shape index (κ2) is 81.8. The molecule has 2 atom stereocenters. The first-order chi connectivity index (χ1) is 65.3. The van der Waals surface area contributed by atoms with E-state index in [1.165, 1.54) is 63.1 Å². The van der Waals surface area contributed by atoms with Crippen LogP contribution in [0.1, 0.15) is 216 Å². The van der Waals surface area contributed by atoms with Crippen LogP contribution in [-0.2, 0) is 71.5 Å². The Bertz CT molecular complexity index is 4020. The standard InChI is InChI=1S/C20H32NO2.C19H30NO2.C17H26NO2.C14H26NO2.C13H24NO2.C11H20NO2.C10H16NO3.C8H14NO2/c1-4-7-16-21(6-3,15-5-2)17-18-23-20(22)14-13-19-11-9-8-10-12-19;1-4-14-20(6-3,15-5-2)16-17-22-19(21)13-12-18-10-8-7-9-11-18;1-4-18(5-2,6-3)14-15-20-17(19)13-12-16-10-8-7-9-11-16;1-5-9-11-15(8-4,10-6-2)12-13-17-14(16)7-3;1-5-9-14(8-4,10-6-2)11-12-16-13(15)7-3;1-5-11(13)14-10-9-12(6-2,7-3)8-4;1-11(2,3)6-8-14-10(12)9-5-4-7-13-9;1-5-8(10)11-7-6-9(2,3)4/h8-14H,4-7,15-18H2,1-3H3;7-13H,4-6,14-17H2,1-3H3;7-13H,4-6,14-15H2,1-3H3;3H,5-6,8-13H2,1-2,4H3;3H,5-6,8-12H2,1-2,4H3;1H,6-10H2,2-4H3;4-5,7H,6,8H2,1-3H3;1H,6-7H2,2-4H3/q8*+1/b14-13+;2*13-12+;;;;;. The number of furan rings is 1. The lowest BCUT2D eigenvalue weighted by Gasteiger charge is -2.37. The molecule has 0 aliphatic carbocycles. The molecule has 4 rings (SSSR count). The van der Waals surface area contributed by atoms with Crippen LogP contribution >= 0.6 is 0 Å². The third-order valence-corrected chi connectivity index (χ3v) is 24.5. The molecule has 0 fully saturated rings. The number of likely N-dealkylation sites (N-methyl/N-ethyl adjacent to an activating group) is 8. The van der Waals surface area contributed by atoms with Crippen LogP contribution in [0.4, 0.5) is 0 Å². The minimum Gasteiger partial charge on any atom is -0.457 e. The lowest BCUT2D eigenvalue weighted by molar-refractivity contribution is -0.927. The van der Waals surface area contributed by atoms with Gasteiger partial charge in [0.25, 0.3) is 0 Å². The summed E-state index contributed by atoms with van der Waals surface area (Å²) in [7, 11) is 12.2. The summed E-state index contributed by atoms with van der Waals surface area (Å²) in [6.07, 6.45) is 42.7. The van der Waals surface area contributed by atoms with Gasteiger partial charge >= 0.3 is 47.8 Å². The second-order valence-electron chi connectivity index (χ2n) is 36.0. The van der Waals surface area contributed by atoms with Gasteiger partial charge in [0.05, 0.1) is 166 Å². The van der Waals surface area contributed by atoms with Crippen molar-refractivity contribution in [2.24, 2.45) is 0 Å². The highest BCUT2D eigenvalue weighted by Gasteiger charge is 2.29. The molecule has 0 aliphatic heterocycles. The summed E-state index contributed by atoms with van der Waals surface area (Å²) in [4.78, 5) is 89.4. The summed E-state index contributed by atoms with van der Waals surface area (Å²) in [6, 6.07) is 32.6. The monoisotopic (exact) mass is 1920 g/mol. The average Bonchev–Trinajstić information content (AvgIpc) is 1.26. The molecule has 1 heterocycles. The van der Waals surface area contributed by atoms with Crippen LogP contribution in [0.3, 0.4) is 0 Å². The number of benzene rings is 3. The SMILES string of the molecule is C#CC(=O)OCC[N+](C)(C)C.C#CC(=O)OCC[N+](CC)(CC)CC.C#CC(=O)OCC[N+](CC)(CCC)CCC.C#CC(=O)OCC[N+](CC)(CCC)CCCC.CCCC[N+](CC)(CCC)CCOC(=O)/C=C/c1ccccc1.CCC[N+](CC)(CCC)CCOC(=O)/C=C/c1ccccc1.CC[N+](CC)(CC)CCOC(=O)/C=C/c1ccccc1.C[N+](C)(C)CCOC(=O)c1ccco1. The molecule has 137 heavy (non-hydrogen) atoms. The molecule has 3 aromatic carbocycles. The molecule has 0 saturated carbocycles. The maximum atomic E-state index is 11.8. The van der Waals surface area contributed by atoms with E-state index in [4.69, 9.17) is 63.3 Å². The Kier molecular flexibility index (Phi) is 79.5. The highest BCUT2D eigenvalue weighted by molar-refractivity contribution is 5.90. The number of carbonyl (C=O) groups is 8. The van der Waals surface area contributed by atoms with Crippen LogP contribution in [0.5, 0.6) is 0 Å². The van der Waals surface area contributed by atoms with Crippen molar-refractivity contribution >= 4 is 66.0 Å². The minimum absolute atomic E-state index is 0.255. The van der Waals surface area contributed by atoms with Gasteiger partial charge < -0.3 is 78.2 Å². The van der Waals surface area contributed by atoms with Crippen LogP contribution in [-0.4, -0.2) is 349 Å². The number of carbonyl (C=O) groups excluding carboxylic acids is 8. The lowest BCUT2D eigenvalue weighted by atomic mass is 10.2. The molecule has 0 N–H and O–H groups in total. The molecule has 0 saturated heterocycles. The number of hydrogen-bond donors (Lipinski definition) is 0. The van der Waals surface area contributed by atoms with Crippen molar-refractivity contribution in [2.45, 2.75) is 189 Å². The van der Waals surface area contributed by atoms with E-state index < -0.39 is 29.8 Å². The Morgan fingerprint density at radius 3 is 0.686 bits per heavy atom. The lowest BCUT2D eigenvalue weighted by Crippen LogP contribution is -2.51. The fraction of sp³-hybridized carbons (Fsp3) is 0.607. The number of rotatable bonds is 59. The van der Waals surface area contributed by atoms with Gasteiger partial charge in [-0.3, -0.25) is 0 Å². The van der Waals surface area contributed by atoms with Gasteiger partial charge in [0.15, 0.2) is 0 Å². The smallest absolute Gasteiger partial charge is 0.384 e. The van der Waals surface area contributed by atoms with E-state index in [0.29, 0.717) is 52.9 Å². The van der Waals surface area contributed by atoms with Gasteiger partial charge in [-0.1, -0.05) is 159 Å². The first kappa shape index (κ1) is 133. The molecular weight excluding hydrogens is 1730 g/mol. The van der Waals surface area contributed by atoms with Gasteiger partial charge in [-0.2, -0.15) is 0 Å². The fourth-order valence-corrected chi connectivity index (χ4v) is 15.2. The molecule has 25 heteroatoms. The summed E-state index contributed by atoms with van der Waals surface area (Å²) < 4.78 is 53.1. The van der Waals surface area contributed by atoms with Gasteiger partial charge in [-0.05, 0) is 168 Å². The molecule has 0 amide bonds. The number of esters is 8. The van der Waals surface area contributed by atoms with Crippen LogP contribution in [0.2, 0.25) is 0 Å². The predicted molar refractivity (Wildman–Crippen MR) is 560 cm³/mol. The van der Waals surface area contributed by atoms with Gasteiger partial charge in [0, 0.05) is 41.9 Å². The number of quaternary nitrogens is 8. The predicted octanol–water partition coefficient (Wildman–Crippen LogP) is 17.4. The number of unbranched alkanes of at least 4 members (excludes halogenated alkanes) is 2. The van der Waals surface area contributed by atoms with E-state index in [0.717, 1.165) is 248 Å². The van der Waals surface area contributed by atoms with Crippen LogP contribution in [0.25, 0.3) is 18.2 Å². The Labute approximate surface area is 831 Å². The van der Waals surface area contributed by atoms with Crippen molar-refractivity contribution < 1.29 is 117 Å². The van der Waals surface area contributed by atoms with E-state index in [1.54, 1.807) is 30.4 Å². The van der Waals surface area contributed by atoms with Gasteiger partial charge in [0.2, 0.25) is 5.76 Å². The number of terminal acetylenes is 4. The molecule has 4 aromatic rings. The van der Waals surface area contributed by atoms with E-state index in [-0.39, 0.29) is 23.7 Å². The molecule has 0 aliphatic rings. The van der Waals surface area contributed by atoms with Crippen molar-refractivity contribution in [3.8, 4) is 49.4 Å². The van der Waals surface area contributed by atoms with Crippen molar-refractivity contribution in [3.63, 3.8) is 0 Å². The van der Waals surface area contributed by atoms with Crippen LogP contribution in [0.15, 0.2) is 132 Å². The molecule has 0 bridgehead atoms. The van der Waals surface area contributed by atoms with E-state index >= 15 is 0 Å². The second-order valence-corrected chi connectivity index (χ2v) is 36.0. The highest BCUT2D eigenvalue weighted by Crippen LogP contribution is 2.17. The summed E-state index contributed by atoms with van der Waals surface area (Å²) in [5, 5.41) is 0. The summed E-state index contributed by atoms with van der Waals surface area (Å²) >= 11 is 0. The Morgan fingerprint density at radius 2 is 0.482 bits per heavy atom. The van der Waals surface area contributed by atoms with Crippen molar-refractivity contribution in [1.82, 2.24) is 0 Å². The first-order valence-electron chi connectivity index (χ1n) is 50.5. The quantitative estimate of drug-likeness (QED) is 0.0100. The Balaban J connectivity index is -0.000000745. The van der Waals surface area contributed by atoms with Crippen molar-refractivity contribution in [2.75, 3.05) is 265 Å². The molecule has 2 unspecified atom stereocenters. The normalized spacial score (nSPS) is 12.0. The van der Waals surface area contributed by atoms with Crippen molar-refractivity contribution in [1.29, 1.82) is 0 Å². The minimum atomic E-state index is -0.585. The maximum Gasteiger partial charge on any atom is 0.384 e. The molecule has 0 radical (unpaired) electrons. The first-order valence-corrected chi connectivity index (χ1v) is 50.5. The van der Waals surface area contributed by atoms with Gasteiger partial charge in [-0.25, -0.2) is 38.4 Å². The molecule has 0 spiro atoms. The van der Waals surface area contributed by atoms with Crippen molar-refractivity contribution in [3.05, 3.63) is 150 Å². The summed E-state index contributed by atoms with van der Waals surface area (Å²) in [5.74, 6) is 4.59. The van der Waals surface area contributed by atoms with E-state index in [9.17, 15) is 38.4 Å². The fourth-order valence-electron chi connectivity index (χ4n) is 15.2. The molecule has 770 valence electrons. The largest absolute Gasteiger partial charge is 0.457 e. The summed E-state index contributed by atoms with van der Waals surface area (Å²) in [5.41, 5.74) is 3.03. The average molecular weight is 1920 g/mol. The zero-order valence-electron chi connectivity index (χ0n) is 89.8. The van der Waals surface area contributed by atoms with E-state index in [1.807, 2.05) is 157 Å². The molecular formula is C112H188N8O17+8. The molecule has 25 nitrogen and oxygen atoms in total. The number of nitrogens with zero attached hydrogens (tertiary/aromatic N) is 8. The van der Waals surface area contributed by atoms with Crippen LogP contribution in [0, 0.1) is 49.4 Å². The third-order valence-electron chi connectivity index (χ3n) is 24.5. The third kappa shape index (κ3) is 68.5. The number of hydrogen-bond acceptors (Lipinski definition) is 17. The van der Waals surface area contributed by atoms with Gasteiger partial charge in [0.1, 0.15) is 105 Å². The topological polar surface area (TPSA) is 224 Å². The number of ether oxygens (including phenoxy) is 8. The maximum absolute atomic E-state index is 11.8. The van der Waals surface area contributed by atoms with Gasteiger partial charge in [-0.15, -0.1) is 25.7 Å². The highest BCUT2D eigenvalue weighted by atomic mass is 16.6. The Morgan fingerprint density at radius 1 is 0.263 bits per heavy atom. The Hall–Kier alpha value is -10.2. The zero-order chi connectivity index (χ0) is 104. The molecule has 1 aromatic heterocycles. The summed E-state index contributed by atoms with van der Waals surface area (Å²) in [6.45, 7) is 69.9. The van der Waals surface area contributed by atoms with E-state index in [2.05, 4.69) is 129 Å². The zero-order valence-corrected chi connectivity index (χ0v) is 89.8.